The van der Waals surface area contributed by atoms with E-state index < -0.39 is 5.97 Å². The lowest BCUT2D eigenvalue weighted by Crippen LogP contribution is -2.00. The Bertz CT molecular complexity index is 757. The number of hydrogen-bond donors (Lipinski definition) is 1. The first-order valence-electron chi connectivity index (χ1n) is 5.75. The molecular weight excluding hydrogens is 246 g/mol. The second-order valence-corrected chi connectivity index (χ2v) is 4.22. The molecule has 0 bridgehead atoms. The number of aromatic carboxylic acids is 1. The van der Waals surface area contributed by atoms with Crippen LogP contribution in [0.25, 0.3) is 10.9 Å². The van der Waals surface area contributed by atoms with E-state index in [1.54, 1.807) is 25.1 Å². The van der Waals surface area contributed by atoms with Crippen molar-refractivity contribution in [3.63, 3.8) is 0 Å². The largest absolute Gasteiger partial charge is 0.478 e. The Balaban J connectivity index is 2.06. The molecule has 0 unspecified atom stereocenters. The molecule has 3 aromatic rings. The van der Waals surface area contributed by atoms with E-state index in [-0.39, 0.29) is 5.56 Å². The van der Waals surface area contributed by atoms with Crippen LogP contribution in [-0.4, -0.2) is 25.8 Å². The quantitative estimate of drug-likeness (QED) is 0.776. The number of hydrogen-bond acceptors (Lipinski definition) is 4. The highest BCUT2D eigenvalue weighted by molar-refractivity contribution is 6.02. The van der Waals surface area contributed by atoms with Gasteiger partial charge in [-0.15, -0.1) is 0 Å². The highest BCUT2D eigenvalue weighted by atomic mass is 16.5. The van der Waals surface area contributed by atoms with Crippen LogP contribution in [-0.2, 0) is 6.54 Å². The Morgan fingerprint density at radius 1 is 1.42 bits per heavy atom. The molecule has 1 N–H and O–H groups in total. The molecule has 19 heavy (non-hydrogen) atoms. The van der Waals surface area contributed by atoms with Crippen molar-refractivity contribution in [3.8, 4) is 0 Å². The third-order valence-corrected chi connectivity index (χ3v) is 2.92. The third kappa shape index (κ3) is 1.97. The number of carbonyl (C=O) groups is 1. The van der Waals surface area contributed by atoms with Gasteiger partial charge in [0.05, 0.1) is 5.56 Å². The van der Waals surface area contributed by atoms with Gasteiger partial charge in [0.15, 0.2) is 5.82 Å². The number of nitrogens with zero attached hydrogens (tertiary/aromatic N) is 3. The Morgan fingerprint density at radius 3 is 2.95 bits per heavy atom. The van der Waals surface area contributed by atoms with Crippen molar-refractivity contribution in [2.24, 2.45) is 0 Å². The van der Waals surface area contributed by atoms with Gasteiger partial charge in [0.2, 0.25) is 5.89 Å². The van der Waals surface area contributed by atoms with Crippen LogP contribution >= 0.6 is 0 Å². The van der Waals surface area contributed by atoms with E-state index in [9.17, 15) is 4.79 Å². The fourth-order valence-electron chi connectivity index (χ4n) is 2.10. The van der Waals surface area contributed by atoms with E-state index in [2.05, 4.69) is 10.1 Å². The normalized spacial score (nSPS) is 11.0. The van der Waals surface area contributed by atoms with Crippen molar-refractivity contribution in [2.75, 3.05) is 0 Å². The lowest BCUT2D eigenvalue weighted by molar-refractivity contribution is 0.0699. The fraction of sp³-hybridized carbons (Fsp3) is 0.154. The van der Waals surface area contributed by atoms with Crippen molar-refractivity contribution in [1.82, 2.24) is 14.7 Å². The molecule has 96 valence electrons. The average Bonchev–Trinajstić information content (AvgIpc) is 2.97. The molecule has 6 nitrogen and oxygen atoms in total. The van der Waals surface area contributed by atoms with Gasteiger partial charge in [0.25, 0.3) is 0 Å². The number of fused-ring (bicyclic) bond motifs is 1. The topological polar surface area (TPSA) is 81.2 Å². The lowest BCUT2D eigenvalue weighted by atomic mass is 10.1. The minimum atomic E-state index is -0.933. The van der Waals surface area contributed by atoms with Gasteiger partial charge >= 0.3 is 5.97 Å². The van der Waals surface area contributed by atoms with Crippen molar-refractivity contribution >= 4 is 16.9 Å². The van der Waals surface area contributed by atoms with Gasteiger partial charge in [-0.2, -0.15) is 4.98 Å². The molecule has 0 fully saturated rings. The minimum Gasteiger partial charge on any atom is -0.478 e. The predicted molar refractivity (Wildman–Crippen MR) is 67.0 cm³/mol. The molecule has 3 rings (SSSR count). The zero-order chi connectivity index (χ0) is 13.4. The highest BCUT2D eigenvalue weighted by Gasteiger charge is 2.12. The van der Waals surface area contributed by atoms with Crippen LogP contribution in [0, 0.1) is 6.92 Å². The molecule has 0 amide bonds. The summed E-state index contributed by atoms with van der Waals surface area (Å²) in [5, 5.41) is 13.6. The maximum absolute atomic E-state index is 11.1. The van der Waals surface area contributed by atoms with Gasteiger partial charge in [-0.25, -0.2) is 4.79 Å². The number of carboxylic acid groups (broad SMARTS) is 1. The summed E-state index contributed by atoms with van der Waals surface area (Å²) in [5.41, 5.74) is 1.12. The van der Waals surface area contributed by atoms with Gasteiger partial charge in [-0.05, 0) is 25.1 Å². The van der Waals surface area contributed by atoms with Crippen LogP contribution in [0.5, 0.6) is 0 Å². The maximum Gasteiger partial charge on any atom is 0.336 e. The average molecular weight is 257 g/mol. The molecule has 0 aliphatic heterocycles. The smallest absolute Gasteiger partial charge is 0.336 e. The Labute approximate surface area is 108 Å². The predicted octanol–water partition coefficient (Wildman–Crippen LogP) is 2.08. The van der Waals surface area contributed by atoms with Gasteiger partial charge in [0.1, 0.15) is 6.54 Å². The van der Waals surface area contributed by atoms with Crippen LogP contribution in [0.2, 0.25) is 0 Å². The number of aryl methyl sites for hydroxylation is 1. The van der Waals surface area contributed by atoms with Gasteiger partial charge < -0.3 is 14.2 Å². The molecule has 0 spiro atoms. The molecule has 0 saturated carbocycles. The SMILES string of the molecule is Cc1noc(Cn2ccc3c(C(=O)O)cccc32)n1. The van der Waals surface area contributed by atoms with E-state index in [1.807, 2.05) is 16.8 Å². The first kappa shape index (κ1) is 11.5. The summed E-state index contributed by atoms with van der Waals surface area (Å²) >= 11 is 0. The molecule has 0 atom stereocenters. The lowest BCUT2D eigenvalue weighted by Gasteiger charge is -2.02. The number of carboxylic acids is 1. The Hall–Kier alpha value is -2.63. The van der Waals surface area contributed by atoms with E-state index in [4.69, 9.17) is 9.63 Å². The minimum absolute atomic E-state index is 0.290. The standard InChI is InChI=1S/C13H11N3O3/c1-8-14-12(19-15-8)7-16-6-5-9-10(13(17)18)3-2-4-11(9)16/h2-6H,7H2,1H3,(H,17,18). The molecule has 6 heteroatoms. The fourth-order valence-corrected chi connectivity index (χ4v) is 2.10. The first-order valence-corrected chi connectivity index (χ1v) is 5.75. The zero-order valence-corrected chi connectivity index (χ0v) is 10.2. The van der Waals surface area contributed by atoms with Crippen LogP contribution in [0.15, 0.2) is 35.0 Å². The third-order valence-electron chi connectivity index (χ3n) is 2.92. The van der Waals surface area contributed by atoms with Gasteiger partial charge in [-0.3, -0.25) is 0 Å². The van der Waals surface area contributed by atoms with E-state index in [1.165, 1.54) is 0 Å². The second-order valence-electron chi connectivity index (χ2n) is 4.22. The van der Waals surface area contributed by atoms with Crippen LogP contribution in [0.4, 0.5) is 0 Å². The monoisotopic (exact) mass is 257 g/mol. The van der Waals surface area contributed by atoms with Crippen molar-refractivity contribution < 1.29 is 14.4 Å². The summed E-state index contributed by atoms with van der Waals surface area (Å²) in [6, 6.07) is 6.96. The summed E-state index contributed by atoms with van der Waals surface area (Å²) < 4.78 is 6.95. The van der Waals surface area contributed by atoms with Crippen LogP contribution in [0.1, 0.15) is 22.1 Å². The Morgan fingerprint density at radius 2 is 2.26 bits per heavy atom. The van der Waals surface area contributed by atoms with E-state index >= 15 is 0 Å². The van der Waals surface area contributed by atoms with Crippen molar-refractivity contribution in [1.29, 1.82) is 0 Å². The van der Waals surface area contributed by atoms with Gasteiger partial charge in [0, 0.05) is 17.1 Å². The molecule has 0 radical (unpaired) electrons. The maximum atomic E-state index is 11.1. The van der Waals surface area contributed by atoms with E-state index in [0.717, 1.165) is 5.52 Å². The van der Waals surface area contributed by atoms with E-state index in [0.29, 0.717) is 23.6 Å². The zero-order valence-electron chi connectivity index (χ0n) is 10.2. The molecule has 2 aromatic heterocycles. The summed E-state index contributed by atoms with van der Waals surface area (Å²) in [4.78, 5) is 15.3. The molecule has 0 aliphatic carbocycles. The number of rotatable bonds is 3. The summed E-state index contributed by atoms with van der Waals surface area (Å²) in [7, 11) is 0. The van der Waals surface area contributed by atoms with Crippen LogP contribution in [0.3, 0.4) is 0 Å². The Kier molecular flexibility index (Phi) is 2.56. The summed E-state index contributed by atoms with van der Waals surface area (Å²) in [6.07, 6.45) is 1.82. The van der Waals surface area contributed by atoms with Crippen LogP contribution < -0.4 is 0 Å². The molecule has 0 aliphatic rings. The number of aromatic nitrogens is 3. The second kappa shape index (κ2) is 4.24. The summed E-state index contributed by atoms with van der Waals surface area (Å²) in [5.74, 6) is 0.144. The van der Waals surface area contributed by atoms with Crippen molar-refractivity contribution in [3.05, 3.63) is 47.7 Å². The molecule has 1 aromatic carbocycles. The molecule has 2 heterocycles. The van der Waals surface area contributed by atoms with Crippen molar-refractivity contribution in [2.45, 2.75) is 13.5 Å². The number of benzene rings is 1. The molecular formula is C13H11N3O3. The highest BCUT2D eigenvalue weighted by Crippen LogP contribution is 2.21. The van der Waals surface area contributed by atoms with Gasteiger partial charge in [-0.1, -0.05) is 11.2 Å². The first-order chi connectivity index (χ1) is 9.15. The molecule has 0 saturated heterocycles. The summed E-state index contributed by atoms with van der Waals surface area (Å²) in [6.45, 7) is 2.18.